The van der Waals surface area contributed by atoms with E-state index in [1.54, 1.807) is 11.3 Å². The van der Waals surface area contributed by atoms with Gasteiger partial charge in [-0.1, -0.05) is 13.0 Å². The number of hydrogen-bond donors (Lipinski definition) is 3. The third-order valence-electron chi connectivity index (χ3n) is 2.89. The Kier molecular flexibility index (Phi) is 4.24. The molecule has 0 saturated carbocycles. The van der Waals surface area contributed by atoms with E-state index < -0.39 is 11.7 Å². The maximum Gasteiger partial charge on any atom is 0.255 e. The molecule has 0 spiro atoms. The van der Waals surface area contributed by atoms with Gasteiger partial charge in [0.2, 0.25) is 0 Å². The second-order valence-electron chi connectivity index (χ2n) is 4.61. The van der Waals surface area contributed by atoms with Gasteiger partial charge in [0.1, 0.15) is 0 Å². The fourth-order valence-electron chi connectivity index (χ4n) is 1.74. The standard InChI is InChI=1S/C14H16N2O3S/c1-8(14-16-9(2)7-20-14)6-15-13(19)10-4-3-5-11(17)12(10)18/h3-5,7-8,17-18H,6H2,1-2H3,(H,15,19). The summed E-state index contributed by atoms with van der Waals surface area (Å²) in [6.45, 7) is 4.32. The van der Waals surface area contributed by atoms with E-state index in [9.17, 15) is 15.0 Å². The second kappa shape index (κ2) is 5.92. The molecule has 1 atom stereocenters. The lowest BCUT2D eigenvalue weighted by molar-refractivity contribution is 0.0948. The van der Waals surface area contributed by atoms with Crippen LogP contribution in [0.4, 0.5) is 0 Å². The van der Waals surface area contributed by atoms with Crippen molar-refractivity contribution in [3.05, 3.63) is 39.8 Å². The normalized spacial score (nSPS) is 12.1. The third kappa shape index (κ3) is 3.08. The molecule has 0 fully saturated rings. The van der Waals surface area contributed by atoms with Crippen LogP contribution in [0.5, 0.6) is 11.5 Å². The molecular weight excluding hydrogens is 276 g/mol. The van der Waals surface area contributed by atoms with Crippen molar-refractivity contribution in [2.24, 2.45) is 0 Å². The molecule has 0 aliphatic heterocycles. The topological polar surface area (TPSA) is 82.5 Å². The molecule has 1 heterocycles. The molecule has 0 aliphatic carbocycles. The highest BCUT2D eigenvalue weighted by molar-refractivity contribution is 7.09. The Morgan fingerprint density at radius 3 is 2.85 bits per heavy atom. The zero-order valence-corrected chi connectivity index (χ0v) is 12.1. The predicted molar refractivity (Wildman–Crippen MR) is 77.4 cm³/mol. The maximum atomic E-state index is 12.0. The Morgan fingerprint density at radius 2 is 2.20 bits per heavy atom. The molecule has 1 aromatic heterocycles. The van der Waals surface area contributed by atoms with E-state index >= 15 is 0 Å². The first-order valence-corrected chi connectivity index (χ1v) is 7.08. The number of nitrogens with zero attached hydrogens (tertiary/aromatic N) is 1. The van der Waals surface area contributed by atoms with Crippen molar-refractivity contribution in [2.75, 3.05) is 6.54 Å². The zero-order chi connectivity index (χ0) is 14.7. The van der Waals surface area contributed by atoms with Crippen molar-refractivity contribution in [2.45, 2.75) is 19.8 Å². The van der Waals surface area contributed by atoms with E-state index in [0.29, 0.717) is 6.54 Å². The van der Waals surface area contributed by atoms with Gasteiger partial charge in [0.05, 0.1) is 10.6 Å². The molecule has 0 aliphatic rings. The quantitative estimate of drug-likeness (QED) is 0.756. The number of rotatable bonds is 4. The van der Waals surface area contributed by atoms with Crippen molar-refractivity contribution in [1.82, 2.24) is 10.3 Å². The minimum absolute atomic E-state index is 0.0625. The first-order chi connectivity index (χ1) is 9.49. The average molecular weight is 292 g/mol. The molecule has 5 nitrogen and oxygen atoms in total. The largest absolute Gasteiger partial charge is 0.504 e. The van der Waals surface area contributed by atoms with Gasteiger partial charge in [-0.3, -0.25) is 4.79 Å². The van der Waals surface area contributed by atoms with Crippen LogP contribution >= 0.6 is 11.3 Å². The van der Waals surface area contributed by atoms with Crippen LogP contribution in [0.2, 0.25) is 0 Å². The number of phenolic OH excluding ortho intramolecular Hbond substituents is 2. The van der Waals surface area contributed by atoms with Crippen molar-refractivity contribution in [3.63, 3.8) is 0 Å². The molecular formula is C14H16N2O3S. The van der Waals surface area contributed by atoms with E-state index in [0.717, 1.165) is 10.7 Å². The highest BCUT2D eigenvalue weighted by Gasteiger charge is 2.16. The highest BCUT2D eigenvalue weighted by Crippen LogP contribution is 2.28. The average Bonchev–Trinajstić information content (AvgIpc) is 2.85. The molecule has 2 rings (SSSR count). The first kappa shape index (κ1) is 14.3. The maximum absolute atomic E-state index is 12.0. The van der Waals surface area contributed by atoms with Gasteiger partial charge >= 0.3 is 0 Å². The van der Waals surface area contributed by atoms with E-state index in [-0.39, 0.29) is 17.2 Å². The number of carbonyl (C=O) groups is 1. The number of carbonyl (C=O) groups excluding carboxylic acids is 1. The van der Waals surface area contributed by atoms with E-state index in [4.69, 9.17) is 0 Å². The molecule has 20 heavy (non-hydrogen) atoms. The zero-order valence-electron chi connectivity index (χ0n) is 11.3. The number of amides is 1. The SMILES string of the molecule is Cc1csc(C(C)CNC(=O)c2cccc(O)c2O)n1. The van der Waals surface area contributed by atoms with Crippen LogP contribution in [0, 0.1) is 6.92 Å². The Hall–Kier alpha value is -2.08. The molecule has 106 valence electrons. The molecule has 0 saturated heterocycles. The first-order valence-electron chi connectivity index (χ1n) is 6.20. The van der Waals surface area contributed by atoms with Crippen molar-refractivity contribution in [1.29, 1.82) is 0 Å². The monoisotopic (exact) mass is 292 g/mol. The summed E-state index contributed by atoms with van der Waals surface area (Å²) < 4.78 is 0. The number of hydrogen-bond acceptors (Lipinski definition) is 5. The van der Waals surface area contributed by atoms with Gasteiger partial charge in [-0.2, -0.15) is 0 Å². The van der Waals surface area contributed by atoms with Gasteiger partial charge in [0.15, 0.2) is 11.5 Å². The van der Waals surface area contributed by atoms with Crippen molar-refractivity contribution < 1.29 is 15.0 Å². The van der Waals surface area contributed by atoms with E-state index in [1.165, 1.54) is 18.2 Å². The van der Waals surface area contributed by atoms with E-state index in [1.807, 2.05) is 19.2 Å². The van der Waals surface area contributed by atoms with Crippen LogP contribution in [0.3, 0.4) is 0 Å². The molecule has 1 amide bonds. The molecule has 6 heteroatoms. The molecule has 1 unspecified atom stereocenters. The smallest absolute Gasteiger partial charge is 0.255 e. The fraction of sp³-hybridized carbons (Fsp3) is 0.286. The lowest BCUT2D eigenvalue weighted by atomic mass is 10.1. The van der Waals surface area contributed by atoms with Gasteiger partial charge in [-0.05, 0) is 19.1 Å². The summed E-state index contributed by atoms with van der Waals surface area (Å²) >= 11 is 1.56. The highest BCUT2D eigenvalue weighted by atomic mass is 32.1. The van der Waals surface area contributed by atoms with Crippen molar-refractivity contribution >= 4 is 17.2 Å². The Bertz CT molecular complexity index is 625. The van der Waals surface area contributed by atoms with Gasteiger partial charge < -0.3 is 15.5 Å². The van der Waals surface area contributed by atoms with E-state index in [2.05, 4.69) is 10.3 Å². The summed E-state index contributed by atoms with van der Waals surface area (Å²) in [4.78, 5) is 16.3. The van der Waals surface area contributed by atoms with Gasteiger partial charge in [-0.15, -0.1) is 11.3 Å². The lowest BCUT2D eigenvalue weighted by Crippen LogP contribution is -2.27. The number of aromatic nitrogens is 1. The number of benzene rings is 1. The molecule has 2 aromatic rings. The summed E-state index contributed by atoms with van der Waals surface area (Å²) in [6.07, 6.45) is 0. The predicted octanol–water partition coefficient (Wildman–Crippen LogP) is 2.40. The molecule has 3 N–H and O–H groups in total. The van der Waals surface area contributed by atoms with Crippen LogP contribution < -0.4 is 5.32 Å². The van der Waals surface area contributed by atoms with Crippen LogP contribution in [-0.4, -0.2) is 27.6 Å². The minimum Gasteiger partial charge on any atom is -0.504 e. The van der Waals surface area contributed by atoms with Gasteiger partial charge in [0, 0.05) is 23.5 Å². The van der Waals surface area contributed by atoms with Crippen LogP contribution in [0.25, 0.3) is 0 Å². The summed E-state index contributed by atoms with van der Waals surface area (Å²) in [6, 6.07) is 4.30. The molecule has 0 bridgehead atoms. The Labute approximate surface area is 120 Å². The fourth-order valence-corrected chi connectivity index (χ4v) is 2.60. The lowest BCUT2D eigenvalue weighted by Gasteiger charge is -2.11. The number of para-hydroxylation sites is 1. The van der Waals surface area contributed by atoms with Crippen molar-refractivity contribution in [3.8, 4) is 11.5 Å². The molecule has 1 aromatic carbocycles. The van der Waals surface area contributed by atoms with Gasteiger partial charge in [0.25, 0.3) is 5.91 Å². The summed E-state index contributed by atoms with van der Waals surface area (Å²) in [5.41, 5.74) is 1.03. The number of thiazole rings is 1. The number of aryl methyl sites for hydroxylation is 1. The Morgan fingerprint density at radius 1 is 1.45 bits per heavy atom. The molecule has 0 radical (unpaired) electrons. The summed E-state index contributed by atoms with van der Waals surface area (Å²) in [5, 5.41) is 24.7. The van der Waals surface area contributed by atoms with Crippen LogP contribution in [-0.2, 0) is 0 Å². The number of phenols is 2. The number of aromatic hydroxyl groups is 2. The summed E-state index contributed by atoms with van der Waals surface area (Å²) in [5.74, 6) is -1.03. The van der Waals surface area contributed by atoms with Crippen LogP contribution in [0.15, 0.2) is 23.6 Å². The number of nitrogens with one attached hydrogen (secondary N) is 1. The Balaban J connectivity index is 2.00. The minimum atomic E-state index is -0.418. The summed E-state index contributed by atoms with van der Waals surface area (Å²) in [7, 11) is 0. The van der Waals surface area contributed by atoms with Gasteiger partial charge in [-0.25, -0.2) is 4.98 Å². The second-order valence-corrected chi connectivity index (χ2v) is 5.50. The third-order valence-corrected chi connectivity index (χ3v) is 4.08. The van der Waals surface area contributed by atoms with Crippen LogP contribution in [0.1, 0.15) is 33.9 Å².